The van der Waals surface area contributed by atoms with E-state index in [1.165, 1.54) is 49.7 Å². The Hall–Kier alpha value is -3.84. The summed E-state index contributed by atoms with van der Waals surface area (Å²) in [6, 6.07) is 37.6. The molecule has 0 atom stereocenters. The van der Waals surface area contributed by atoms with Gasteiger partial charge < -0.3 is 5.32 Å². The normalized spacial score (nSPS) is 13.5. The zero-order valence-electron chi connectivity index (χ0n) is 19.3. The van der Waals surface area contributed by atoms with Gasteiger partial charge in [-0.15, -0.1) is 0 Å². The predicted molar refractivity (Wildman–Crippen MR) is 141 cm³/mol. The van der Waals surface area contributed by atoms with Crippen LogP contribution in [-0.2, 0) is 5.41 Å². The molecule has 0 aliphatic heterocycles. The number of fused-ring (bicyclic) bond motifs is 4. The lowest BCUT2D eigenvalue weighted by Gasteiger charge is -2.23. The van der Waals surface area contributed by atoms with E-state index in [1.807, 2.05) is 0 Å². The molecule has 0 spiro atoms. The molecule has 0 aromatic heterocycles. The van der Waals surface area contributed by atoms with Crippen molar-refractivity contribution < 1.29 is 0 Å². The van der Waals surface area contributed by atoms with Crippen molar-refractivity contribution in [3.05, 3.63) is 120 Å². The molecule has 0 saturated carbocycles. The fourth-order valence-corrected chi connectivity index (χ4v) is 5.23. The van der Waals surface area contributed by atoms with Gasteiger partial charge >= 0.3 is 0 Å². The molecule has 1 aliphatic carbocycles. The molecular formula is C32H27N. The summed E-state index contributed by atoms with van der Waals surface area (Å²) in [5, 5.41) is 6.18. The smallest absolute Gasteiger partial charge is 0.0463 e. The number of rotatable bonds is 3. The minimum atomic E-state index is -0.0538. The average Bonchev–Trinajstić information content (AvgIpc) is 3.06. The minimum absolute atomic E-state index is 0.0538. The van der Waals surface area contributed by atoms with Crippen molar-refractivity contribution in [1.82, 2.24) is 0 Å². The fourth-order valence-electron chi connectivity index (χ4n) is 5.23. The fraction of sp³-hybridized carbons (Fsp3) is 0.125. The molecule has 0 saturated heterocycles. The van der Waals surface area contributed by atoms with Crippen molar-refractivity contribution in [3.63, 3.8) is 0 Å². The molecule has 0 unspecified atom stereocenters. The number of benzene rings is 5. The van der Waals surface area contributed by atoms with Crippen LogP contribution in [-0.4, -0.2) is 0 Å². The highest BCUT2D eigenvalue weighted by Gasteiger charge is 2.35. The first-order chi connectivity index (χ1) is 16.0. The van der Waals surface area contributed by atoms with E-state index >= 15 is 0 Å². The number of nitrogens with one attached hydrogen (secondary N) is 1. The highest BCUT2D eigenvalue weighted by Crippen LogP contribution is 2.50. The van der Waals surface area contributed by atoms with Gasteiger partial charge in [-0.25, -0.2) is 0 Å². The van der Waals surface area contributed by atoms with Crippen molar-refractivity contribution >= 4 is 22.1 Å². The maximum Gasteiger partial charge on any atom is 0.0463 e. The minimum Gasteiger partial charge on any atom is -0.355 e. The van der Waals surface area contributed by atoms with Crippen LogP contribution in [0.15, 0.2) is 103 Å². The maximum absolute atomic E-state index is 3.68. The molecule has 0 radical (unpaired) electrons. The van der Waals surface area contributed by atoms with E-state index in [-0.39, 0.29) is 5.41 Å². The maximum atomic E-state index is 3.68. The van der Waals surface area contributed by atoms with E-state index in [4.69, 9.17) is 0 Å². The van der Waals surface area contributed by atoms with Crippen molar-refractivity contribution in [2.24, 2.45) is 0 Å². The monoisotopic (exact) mass is 425 g/mol. The topological polar surface area (TPSA) is 12.0 Å². The number of anilines is 2. The summed E-state index contributed by atoms with van der Waals surface area (Å²) in [7, 11) is 0. The van der Waals surface area contributed by atoms with Gasteiger partial charge in [-0.1, -0.05) is 98.3 Å². The molecule has 0 fully saturated rings. The molecule has 0 amide bonds. The van der Waals surface area contributed by atoms with Crippen LogP contribution in [0.4, 0.5) is 11.4 Å². The molecule has 1 heteroatoms. The Morgan fingerprint density at radius 3 is 2.09 bits per heavy atom. The summed E-state index contributed by atoms with van der Waals surface area (Å²) in [4.78, 5) is 0. The van der Waals surface area contributed by atoms with Crippen LogP contribution >= 0.6 is 0 Å². The number of hydrogen-bond acceptors (Lipinski definition) is 1. The molecular weight excluding hydrogens is 398 g/mol. The summed E-state index contributed by atoms with van der Waals surface area (Å²) >= 11 is 0. The van der Waals surface area contributed by atoms with Crippen LogP contribution in [0, 0.1) is 6.92 Å². The molecule has 0 heterocycles. The number of hydrogen-bond donors (Lipinski definition) is 1. The largest absolute Gasteiger partial charge is 0.355 e. The third-order valence-electron chi connectivity index (χ3n) is 7.13. The zero-order chi connectivity index (χ0) is 22.6. The Balaban J connectivity index is 1.40. The van der Waals surface area contributed by atoms with Gasteiger partial charge in [-0.3, -0.25) is 0 Å². The third-order valence-corrected chi connectivity index (χ3v) is 7.13. The molecule has 5 aromatic carbocycles. The molecule has 1 aliphatic rings. The quantitative estimate of drug-likeness (QED) is 0.304. The average molecular weight is 426 g/mol. The first-order valence-electron chi connectivity index (χ1n) is 11.6. The standard InChI is InChI=1S/C32H27N/c1-21-11-13-22(14-12-21)24-15-17-27-28-18-16-25(20-30(28)32(2,3)29(27)19-24)33-31-10-6-8-23-7-4-5-9-26(23)31/h4-20,33H,1-3H3. The second-order valence-electron chi connectivity index (χ2n) is 9.66. The van der Waals surface area contributed by atoms with E-state index in [9.17, 15) is 0 Å². The van der Waals surface area contributed by atoms with Gasteiger partial charge in [0.1, 0.15) is 0 Å². The highest BCUT2D eigenvalue weighted by molar-refractivity contribution is 5.95. The SMILES string of the molecule is Cc1ccc(-c2ccc3c(c2)C(C)(C)c2cc(Nc4cccc5ccccc45)ccc2-3)cc1. The van der Waals surface area contributed by atoms with Gasteiger partial charge in [0.25, 0.3) is 0 Å². The van der Waals surface area contributed by atoms with E-state index in [0.29, 0.717) is 0 Å². The van der Waals surface area contributed by atoms with Gasteiger partial charge in [0.05, 0.1) is 0 Å². The molecule has 160 valence electrons. The Kier molecular flexibility index (Phi) is 4.41. The van der Waals surface area contributed by atoms with Crippen molar-refractivity contribution in [2.75, 3.05) is 5.32 Å². The van der Waals surface area contributed by atoms with E-state index in [2.05, 4.69) is 129 Å². The van der Waals surface area contributed by atoms with Crippen molar-refractivity contribution in [3.8, 4) is 22.3 Å². The van der Waals surface area contributed by atoms with Crippen molar-refractivity contribution in [1.29, 1.82) is 0 Å². The molecule has 33 heavy (non-hydrogen) atoms. The van der Waals surface area contributed by atoms with Crippen molar-refractivity contribution in [2.45, 2.75) is 26.2 Å². The van der Waals surface area contributed by atoms with E-state index in [0.717, 1.165) is 11.4 Å². The van der Waals surface area contributed by atoms with E-state index < -0.39 is 0 Å². The van der Waals surface area contributed by atoms with Gasteiger partial charge in [0.2, 0.25) is 0 Å². The lowest BCUT2D eigenvalue weighted by molar-refractivity contribution is 0.661. The predicted octanol–water partition coefficient (Wildman–Crippen LogP) is 8.87. The highest BCUT2D eigenvalue weighted by atomic mass is 14.9. The van der Waals surface area contributed by atoms with Gasteiger partial charge in [-0.05, 0) is 70.0 Å². The van der Waals surface area contributed by atoms with Crippen LogP contribution in [0.3, 0.4) is 0 Å². The third kappa shape index (κ3) is 3.24. The lowest BCUT2D eigenvalue weighted by atomic mass is 9.81. The number of aryl methyl sites for hydroxylation is 1. The Labute approximate surface area is 195 Å². The summed E-state index contributed by atoms with van der Waals surface area (Å²) in [5.74, 6) is 0. The van der Waals surface area contributed by atoms with Crippen LogP contribution in [0.5, 0.6) is 0 Å². The second kappa shape index (κ2) is 7.35. The summed E-state index contributed by atoms with van der Waals surface area (Å²) < 4.78 is 0. The molecule has 0 bridgehead atoms. The molecule has 1 nitrogen and oxygen atoms in total. The first kappa shape index (κ1) is 19.8. The van der Waals surface area contributed by atoms with Gasteiger partial charge in [0, 0.05) is 22.2 Å². The Morgan fingerprint density at radius 2 is 1.27 bits per heavy atom. The second-order valence-corrected chi connectivity index (χ2v) is 9.66. The molecule has 5 aromatic rings. The van der Waals surface area contributed by atoms with Crippen LogP contribution in [0.25, 0.3) is 33.0 Å². The van der Waals surface area contributed by atoms with Crippen LogP contribution < -0.4 is 5.32 Å². The van der Waals surface area contributed by atoms with Crippen LogP contribution in [0.1, 0.15) is 30.5 Å². The summed E-state index contributed by atoms with van der Waals surface area (Å²) in [6.45, 7) is 6.83. The summed E-state index contributed by atoms with van der Waals surface area (Å²) in [6.07, 6.45) is 0. The van der Waals surface area contributed by atoms with Gasteiger partial charge in [0.15, 0.2) is 0 Å². The zero-order valence-corrected chi connectivity index (χ0v) is 19.3. The Bertz CT molecular complexity index is 1500. The first-order valence-corrected chi connectivity index (χ1v) is 11.6. The van der Waals surface area contributed by atoms with Crippen LogP contribution in [0.2, 0.25) is 0 Å². The molecule has 1 N–H and O–H groups in total. The molecule has 6 rings (SSSR count). The van der Waals surface area contributed by atoms with E-state index in [1.54, 1.807) is 0 Å². The lowest BCUT2D eigenvalue weighted by Crippen LogP contribution is -2.15. The van der Waals surface area contributed by atoms with Gasteiger partial charge in [-0.2, -0.15) is 0 Å². The summed E-state index contributed by atoms with van der Waals surface area (Å²) in [5.41, 5.74) is 11.5. The Morgan fingerprint density at radius 1 is 0.606 bits per heavy atom.